The first-order valence-corrected chi connectivity index (χ1v) is 17.3. The Balaban J connectivity index is 1.27. The number of aromatic nitrogens is 6. The van der Waals surface area contributed by atoms with Gasteiger partial charge in [-0.3, -0.25) is 14.3 Å². The van der Waals surface area contributed by atoms with Crippen molar-refractivity contribution < 1.29 is 4.79 Å². The number of nitrogens with zero attached hydrogens (tertiary/aromatic N) is 9. The van der Waals surface area contributed by atoms with Crippen molar-refractivity contribution in [3.8, 4) is 22.9 Å². The van der Waals surface area contributed by atoms with Crippen molar-refractivity contribution in [3.63, 3.8) is 0 Å². The maximum Gasteiger partial charge on any atom is 0.246 e. The van der Waals surface area contributed by atoms with Crippen LogP contribution in [0.4, 0.5) is 11.5 Å². The number of hydrogen-bond donors (Lipinski definition) is 1. The van der Waals surface area contributed by atoms with E-state index in [2.05, 4.69) is 69.8 Å². The van der Waals surface area contributed by atoms with Gasteiger partial charge in [0.1, 0.15) is 11.3 Å². The number of rotatable bonds is 7. The van der Waals surface area contributed by atoms with E-state index < -0.39 is 0 Å². The molecule has 1 amide bonds. The Hall–Kier alpha value is -3.95. The van der Waals surface area contributed by atoms with E-state index in [4.69, 9.17) is 15.7 Å². The summed E-state index contributed by atoms with van der Waals surface area (Å²) in [6.07, 6.45) is 6.69. The monoisotopic (exact) mass is 704 g/mol. The third-order valence-electron chi connectivity index (χ3n) is 8.10. The lowest BCUT2D eigenvalue weighted by atomic mass is 10.00. The fourth-order valence-corrected chi connectivity index (χ4v) is 7.54. The van der Waals surface area contributed by atoms with Crippen molar-refractivity contribution >= 4 is 58.9 Å². The Morgan fingerprint density at radius 1 is 1.09 bits per heavy atom. The van der Waals surface area contributed by atoms with Gasteiger partial charge in [-0.25, -0.2) is 19.6 Å². The van der Waals surface area contributed by atoms with Crippen LogP contribution < -0.4 is 10.0 Å². The Bertz CT molecular complexity index is 1820. The molecule has 7 rings (SSSR count). The van der Waals surface area contributed by atoms with Crippen molar-refractivity contribution in [2.45, 2.75) is 5.92 Å². The lowest BCUT2D eigenvalue weighted by Gasteiger charge is -2.35. The average molecular weight is 705 g/mol. The highest BCUT2D eigenvalue weighted by Crippen LogP contribution is 2.44. The van der Waals surface area contributed by atoms with Crippen LogP contribution >= 0.6 is 30.3 Å². The number of benzene rings is 1. The van der Waals surface area contributed by atoms with Gasteiger partial charge in [-0.15, -0.1) is 0 Å². The number of imidazole rings is 1. The lowest BCUT2D eigenvalue weighted by molar-refractivity contribution is -0.127. The third-order valence-corrected chi connectivity index (χ3v) is 10.0. The van der Waals surface area contributed by atoms with Gasteiger partial charge >= 0.3 is 0 Å². The van der Waals surface area contributed by atoms with E-state index in [1.165, 1.54) is 17.3 Å². The number of piperazine rings is 1. The van der Waals surface area contributed by atoms with Crippen LogP contribution in [0.15, 0.2) is 79.8 Å². The molecule has 2 N–H and O–H groups in total. The molecule has 1 fully saturated rings. The first kappa shape index (κ1) is 27.9. The zero-order valence-electron chi connectivity index (χ0n) is 23.3. The van der Waals surface area contributed by atoms with Gasteiger partial charge < -0.3 is 14.9 Å². The number of fused-ring (bicyclic) bond motifs is 2. The van der Waals surface area contributed by atoms with Crippen LogP contribution in [0.5, 0.6) is 0 Å². The van der Waals surface area contributed by atoms with E-state index in [0.29, 0.717) is 29.0 Å². The summed E-state index contributed by atoms with van der Waals surface area (Å²) in [6.45, 7) is 8.67. The molecule has 2 aliphatic heterocycles. The molecule has 11 nitrogen and oxygen atoms in total. The molecule has 13 heteroatoms. The number of hydrogen-bond acceptors (Lipinski definition) is 9. The van der Waals surface area contributed by atoms with E-state index in [-0.39, 0.29) is 5.91 Å². The minimum Gasteiger partial charge on any atom is -0.383 e. The fraction of sp³-hybridized carbons (Fsp3) is 0.233. The number of anilines is 2. The summed E-state index contributed by atoms with van der Waals surface area (Å²) < 4.78 is 6.15. The van der Waals surface area contributed by atoms with Crippen molar-refractivity contribution in [1.82, 2.24) is 39.1 Å². The average Bonchev–Trinajstić information content (AvgIpc) is 3.79. The zero-order chi connectivity index (χ0) is 29.5. The number of pyridine rings is 2. The second-order valence-corrected chi connectivity index (χ2v) is 12.3. The highest BCUT2D eigenvalue weighted by Gasteiger charge is 2.32. The van der Waals surface area contributed by atoms with Crippen molar-refractivity contribution in [1.29, 1.82) is 0 Å². The zero-order valence-corrected chi connectivity index (χ0v) is 26.2. The molecule has 1 aromatic carbocycles. The molecule has 1 saturated heterocycles. The highest BCUT2D eigenvalue weighted by atomic mass is 127. The van der Waals surface area contributed by atoms with Gasteiger partial charge in [-0.1, -0.05) is 12.6 Å². The minimum atomic E-state index is 0.0107. The third kappa shape index (κ3) is 5.14. The van der Waals surface area contributed by atoms with Gasteiger partial charge in [-0.05, 0) is 54.1 Å². The molecule has 1 atom stereocenters. The van der Waals surface area contributed by atoms with Crippen LogP contribution in [0.2, 0.25) is 0 Å². The number of amides is 1. The summed E-state index contributed by atoms with van der Waals surface area (Å²) in [7, 11) is 1.70. The smallest absolute Gasteiger partial charge is 0.246 e. The number of halogens is 1. The number of carbonyl (C=O) groups excluding carboxylic acids is 1. The summed E-state index contributed by atoms with van der Waals surface area (Å²) in [6, 6.07) is 16.2. The van der Waals surface area contributed by atoms with Crippen molar-refractivity contribution in [2.24, 2.45) is 0 Å². The van der Waals surface area contributed by atoms with E-state index >= 15 is 0 Å². The summed E-state index contributed by atoms with van der Waals surface area (Å²) in [5.41, 5.74) is 12.0. The Morgan fingerprint density at radius 2 is 1.95 bits per heavy atom. The van der Waals surface area contributed by atoms with Gasteiger partial charge in [0.15, 0.2) is 17.3 Å². The standard InChI is InChI=1S/C30H29IN10OS/c1-2-27(42)38-15-13-37(14-16-38)18-20-19-40(43-31)25-17-21(6-7-22(20)25)41-29(23-5-3-10-33-28(23)32)35-24-8-9-26(36-30(24)41)39-12-4-11-34-39/h2-12,17,20H,1,13-16,18-19H2,(H2,32,33). The largest absolute Gasteiger partial charge is 0.383 e. The first-order valence-electron chi connectivity index (χ1n) is 14.0. The molecular formula is C30H29IN10OS. The van der Waals surface area contributed by atoms with Crippen LogP contribution in [0.3, 0.4) is 0 Å². The molecule has 0 radical (unpaired) electrons. The molecule has 43 heavy (non-hydrogen) atoms. The normalized spacial score (nSPS) is 17.0. The molecule has 1 unspecified atom stereocenters. The molecule has 4 aromatic heterocycles. The SMILES string of the molecule is C=CC(=O)N1CCN(CC2CN(SI)c3cc(-n4c(-c5cccnc5N)nc5ccc(-n6cccn6)nc54)ccc32)CC1. The highest BCUT2D eigenvalue weighted by molar-refractivity contribution is 14.2. The molecule has 0 saturated carbocycles. The van der Waals surface area contributed by atoms with E-state index in [1.54, 1.807) is 26.2 Å². The van der Waals surface area contributed by atoms with Crippen LogP contribution in [-0.2, 0) is 4.79 Å². The van der Waals surface area contributed by atoms with Gasteiger partial charge in [0.2, 0.25) is 5.91 Å². The molecule has 5 aromatic rings. The lowest BCUT2D eigenvalue weighted by Crippen LogP contribution is -2.49. The summed E-state index contributed by atoms with van der Waals surface area (Å²) in [4.78, 5) is 30.7. The van der Waals surface area contributed by atoms with Gasteiger partial charge in [0, 0.05) is 94.1 Å². The van der Waals surface area contributed by atoms with Gasteiger partial charge in [0.25, 0.3) is 0 Å². The van der Waals surface area contributed by atoms with E-state index in [0.717, 1.165) is 56.0 Å². The summed E-state index contributed by atoms with van der Waals surface area (Å²) >= 11 is 2.36. The van der Waals surface area contributed by atoms with Crippen LogP contribution in [0.25, 0.3) is 34.1 Å². The van der Waals surface area contributed by atoms with E-state index in [9.17, 15) is 4.79 Å². The first-order chi connectivity index (χ1) is 21.0. The molecule has 0 bridgehead atoms. The van der Waals surface area contributed by atoms with Crippen LogP contribution in [0.1, 0.15) is 11.5 Å². The topological polar surface area (TPSA) is 114 Å². The van der Waals surface area contributed by atoms with Gasteiger partial charge in [-0.2, -0.15) is 5.10 Å². The maximum atomic E-state index is 12.0. The molecule has 218 valence electrons. The molecule has 0 aliphatic carbocycles. The predicted octanol–water partition coefficient (Wildman–Crippen LogP) is 4.48. The fourth-order valence-electron chi connectivity index (χ4n) is 5.95. The predicted molar refractivity (Wildman–Crippen MR) is 179 cm³/mol. The number of nitrogen functional groups attached to an aromatic ring is 1. The Morgan fingerprint density at radius 3 is 2.70 bits per heavy atom. The minimum absolute atomic E-state index is 0.0107. The molecule has 0 spiro atoms. The van der Waals surface area contributed by atoms with Crippen molar-refractivity contribution in [2.75, 3.05) is 49.3 Å². The second-order valence-electron chi connectivity index (χ2n) is 10.6. The molecule has 6 heterocycles. The quantitative estimate of drug-likeness (QED) is 0.149. The van der Waals surface area contributed by atoms with E-state index in [1.807, 2.05) is 41.4 Å². The number of nitrogens with two attached hydrogens (primary N) is 1. The summed E-state index contributed by atoms with van der Waals surface area (Å²) in [5, 5.41) is 4.37. The summed E-state index contributed by atoms with van der Waals surface area (Å²) in [5.74, 6) is 2.15. The number of carbonyl (C=O) groups is 1. The van der Waals surface area contributed by atoms with Crippen molar-refractivity contribution in [3.05, 3.63) is 85.3 Å². The van der Waals surface area contributed by atoms with Crippen LogP contribution in [-0.4, -0.2) is 84.3 Å². The van der Waals surface area contributed by atoms with Gasteiger partial charge in [0.05, 0.1) is 16.9 Å². The Kier molecular flexibility index (Phi) is 7.53. The second kappa shape index (κ2) is 11.6. The molecule has 2 aliphatic rings. The molecular weight excluding hydrogens is 675 g/mol. The Labute approximate surface area is 265 Å². The maximum absolute atomic E-state index is 12.0. The van der Waals surface area contributed by atoms with Crippen LogP contribution in [0, 0.1) is 0 Å².